The summed E-state index contributed by atoms with van der Waals surface area (Å²) in [4.78, 5) is 16.8. The van der Waals surface area contributed by atoms with Gasteiger partial charge in [0.1, 0.15) is 6.29 Å². The maximum Gasteiger partial charge on any atom is 0.213 e. The van der Waals surface area contributed by atoms with E-state index in [4.69, 9.17) is 4.74 Å². The number of hydrogen-bond acceptors (Lipinski definition) is 6. The molecule has 0 radical (unpaired) electrons. The number of nitrogens with one attached hydrogen (secondary N) is 1. The van der Waals surface area contributed by atoms with Gasteiger partial charge in [-0.1, -0.05) is 24.3 Å². The van der Waals surface area contributed by atoms with Crippen molar-refractivity contribution in [3.05, 3.63) is 59.3 Å². The molecule has 2 atom stereocenters. The molecule has 168 valence electrons. The van der Waals surface area contributed by atoms with Crippen LogP contribution in [-0.4, -0.2) is 61.1 Å². The number of carbonyl (C=O) groups excluding carboxylic acids is 1. The molecule has 1 aliphatic heterocycles. The fraction of sp³-hybridized carbons (Fsp3) is 0.520. The highest BCUT2D eigenvalue weighted by Crippen LogP contribution is 2.27. The minimum absolute atomic E-state index is 0.0187. The van der Waals surface area contributed by atoms with Gasteiger partial charge in [-0.05, 0) is 74.5 Å². The highest BCUT2D eigenvalue weighted by atomic mass is 16.5. The Bertz CT molecular complexity index is 798. The van der Waals surface area contributed by atoms with Crippen LogP contribution < -0.4 is 10.1 Å². The number of benzene rings is 1. The Morgan fingerprint density at radius 3 is 2.48 bits per heavy atom. The lowest BCUT2D eigenvalue weighted by Crippen LogP contribution is -2.42. The lowest BCUT2D eigenvalue weighted by molar-refractivity contribution is -0.108. The van der Waals surface area contributed by atoms with Gasteiger partial charge in [0.15, 0.2) is 0 Å². The molecule has 2 aromatic rings. The lowest BCUT2D eigenvalue weighted by Gasteiger charge is -2.27. The van der Waals surface area contributed by atoms with E-state index in [9.17, 15) is 9.90 Å². The van der Waals surface area contributed by atoms with E-state index in [0.717, 1.165) is 44.3 Å². The number of likely N-dealkylation sites (N-methyl/N-ethyl adjacent to an activating group) is 1. The van der Waals surface area contributed by atoms with Gasteiger partial charge in [-0.2, -0.15) is 0 Å². The topological polar surface area (TPSA) is 74.7 Å². The van der Waals surface area contributed by atoms with Crippen molar-refractivity contribution in [2.24, 2.45) is 5.92 Å². The van der Waals surface area contributed by atoms with Gasteiger partial charge in [0, 0.05) is 31.3 Å². The van der Waals surface area contributed by atoms with Crippen molar-refractivity contribution >= 4 is 6.29 Å². The first-order chi connectivity index (χ1) is 15.1. The molecule has 2 heterocycles. The number of ether oxygens (including phenoxy) is 1. The minimum Gasteiger partial charge on any atom is -0.481 e. The van der Waals surface area contributed by atoms with Gasteiger partial charge in [-0.15, -0.1) is 0 Å². The Morgan fingerprint density at radius 2 is 1.90 bits per heavy atom. The van der Waals surface area contributed by atoms with Gasteiger partial charge >= 0.3 is 0 Å². The van der Waals surface area contributed by atoms with Crippen LogP contribution in [0, 0.1) is 5.92 Å². The van der Waals surface area contributed by atoms with Crippen LogP contribution in [0.3, 0.4) is 0 Å². The first-order valence-electron chi connectivity index (χ1n) is 11.2. The summed E-state index contributed by atoms with van der Waals surface area (Å²) in [5.41, 5.74) is 3.71. The molecule has 1 aliphatic carbocycles. The summed E-state index contributed by atoms with van der Waals surface area (Å²) in [6.07, 6.45) is 7.57. The minimum atomic E-state index is -0.553. The van der Waals surface area contributed by atoms with Crippen LogP contribution in [-0.2, 0) is 17.6 Å². The molecule has 1 fully saturated rings. The van der Waals surface area contributed by atoms with Crippen LogP contribution >= 0.6 is 0 Å². The molecule has 0 amide bonds. The highest BCUT2D eigenvalue weighted by Gasteiger charge is 2.24. The molecular weight excluding hydrogens is 390 g/mol. The van der Waals surface area contributed by atoms with Crippen LogP contribution in [0.5, 0.6) is 5.88 Å². The van der Waals surface area contributed by atoms with Crippen LogP contribution in [0.2, 0.25) is 0 Å². The molecule has 4 rings (SSSR count). The number of carbonyl (C=O) groups is 1. The lowest BCUT2D eigenvalue weighted by atomic mass is 10.0. The van der Waals surface area contributed by atoms with Gasteiger partial charge < -0.3 is 24.9 Å². The summed E-state index contributed by atoms with van der Waals surface area (Å²) in [7, 11) is 3.47. The zero-order valence-corrected chi connectivity index (χ0v) is 18.7. The average molecular weight is 426 g/mol. The summed E-state index contributed by atoms with van der Waals surface area (Å²) in [5.74, 6) is 1.10. The number of aliphatic hydroxyl groups is 1. The molecule has 2 N–H and O–H groups in total. The third-order valence-corrected chi connectivity index (χ3v) is 6.28. The van der Waals surface area contributed by atoms with Crippen LogP contribution in [0.15, 0.2) is 42.6 Å². The Kier molecular flexibility index (Phi) is 9.00. The monoisotopic (exact) mass is 425 g/mol. The quantitative estimate of drug-likeness (QED) is 0.634. The third kappa shape index (κ3) is 6.60. The van der Waals surface area contributed by atoms with Crippen molar-refractivity contribution in [1.29, 1.82) is 0 Å². The fourth-order valence-corrected chi connectivity index (χ4v) is 4.50. The zero-order chi connectivity index (χ0) is 22.1. The molecule has 2 unspecified atom stereocenters. The van der Waals surface area contributed by atoms with Crippen LogP contribution in [0.1, 0.15) is 42.1 Å². The second-order valence-electron chi connectivity index (χ2n) is 8.42. The van der Waals surface area contributed by atoms with E-state index in [2.05, 4.69) is 39.5 Å². The van der Waals surface area contributed by atoms with E-state index in [-0.39, 0.29) is 6.04 Å². The molecule has 1 aromatic carbocycles. The van der Waals surface area contributed by atoms with Gasteiger partial charge in [0.25, 0.3) is 0 Å². The molecular formula is C25H35N3O3. The standard InChI is InChI=1S/C14H23N3O2.C11H12O/c1-15-12(10-17-7-3-4-8-17)14(18)11-5-6-16-13(9-11)19-2;12-6-5-9-7-10-3-1-2-4-11(10)8-9/h5-6,9,12,14-15,18H,3-4,7-8,10H2,1-2H3;1-4,6,9H,5,7-8H2. The normalized spacial score (nSPS) is 18.0. The average Bonchev–Trinajstić information content (AvgIpc) is 3.47. The molecule has 0 bridgehead atoms. The number of fused-ring (bicyclic) bond motifs is 1. The summed E-state index contributed by atoms with van der Waals surface area (Å²) >= 11 is 0. The van der Waals surface area contributed by atoms with Gasteiger partial charge in [-0.25, -0.2) is 4.98 Å². The van der Waals surface area contributed by atoms with Gasteiger partial charge in [0.2, 0.25) is 5.88 Å². The van der Waals surface area contributed by atoms with E-state index >= 15 is 0 Å². The number of rotatable bonds is 8. The van der Waals surface area contributed by atoms with Crippen molar-refractivity contribution in [2.75, 3.05) is 33.8 Å². The van der Waals surface area contributed by atoms with E-state index in [1.54, 1.807) is 19.4 Å². The first-order valence-corrected chi connectivity index (χ1v) is 11.2. The number of nitrogens with zero attached hydrogens (tertiary/aromatic N) is 2. The van der Waals surface area contributed by atoms with E-state index in [1.165, 1.54) is 24.0 Å². The van der Waals surface area contributed by atoms with Gasteiger partial charge in [0.05, 0.1) is 13.2 Å². The first kappa shape index (κ1) is 23.4. The predicted molar refractivity (Wildman–Crippen MR) is 122 cm³/mol. The van der Waals surface area contributed by atoms with E-state index in [0.29, 0.717) is 18.2 Å². The number of aldehydes is 1. The van der Waals surface area contributed by atoms with Crippen molar-refractivity contribution in [3.8, 4) is 5.88 Å². The summed E-state index contributed by atoms with van der Waals surface area (Å²) < 4.78 is 5.10. The molecule has 6 nitrogen and oxygen atoms in total. The molecule has 1 aromatic heterocycles. The Hall–Kier alpha value is -2.28. The summed E-state index contributed by atoms with van der Waals surface area (Å²) in [6.45, 7) is 3.12. The van der Waals surface area contributed by atoms with Gasteiger partial charge in [-0.3, -0.25) is 0 Å². The third-order valence-electron chi connectivity index (χ3n) is 6.28. The number of methoxy groups -OCH3 is 1. The predicted octanol–water partition coefficient (Wildman–Crippen LogP) is 2.80. The maximum absolute atomic E-state index is 10.5. The zero-order valence-electron chi connectivity index (χ0n) is 18.7. The Balaban J connectivity index is 0.000000194. The summed E-state index contributed by atoms with van der Waals surface area (Å²) in [5, 5.41) is 13.7. The largest absolute Gasteiger partial charge is 0.481 e. The molecule has 6 heteroatoms. The number of hydrogen-bond donors (Lipinski definition) is 2. The van der Waals surface area contributed by atoms with Crippen molar-refractivity contribution in [1.82, 2.24) is 15.2 Å². The van der Waals surface area contributed by atoms with Crippen molar-refractivity contribution in [3.63, 3.8) is 0 Å². The number of pyridine rings is 1. The fourth-order valence-electron chi connectivity index (χ4n) is 4.50. The second-order valence-corrected chi connectivity index (χ2v) is 8.42. The molecule has 0 spiro atoms. The number of likely N-dealkylation sites (tertiary alicyclic amines) is 1. The van der Waals surface area contributed by atoms with Crippen molar-refractivity contribution < 1.29 is 14.6 Å². The van der Waals surface area contributed by atoms with Crippen LogP contribution in [0.4, 0.5) is 0 Å². The smallest absolute Gasteiger partial charge is 0.213 e. The van der Waals surface area contributed by atoms with E-state index in [1.807, 2.05) is 13.1 Å². The van der Waals surface area contributed by atoms with E-state index < -0.39 is 6.10 Å². The Morgan fingerprint density at radius 1 is 1.23 bits per heavy atom. The molecule has 0 saturated carbocycles. The maximum atomic E-state index is 10.5. The Labute approximate surface area is 185 Å². The van der Waals surface area contributed by atoms with Crippen molar-refractivity contribution in [2.45, 2.75) is 44.2 Å². The molecule has 2 aliphatic rings. The molecule has 1 saturated heterocycles. The highest BCUT2D eigenvalue weighted by molar-refractivity contribution is 5.51. The summed E-state index contributed by atoms with van der Waals surface area (Å²) in [6, 6.07) is 12.1. The SMILES string of the molecule is CNC(CN1CCCC1)C(O)c1ccnc(OC)c1.O=CCC1Cc2ccccc2C1. The number of aliphatic hydroxyl groups excluding tert-OH is 1. The molecule has 31 heavy (non-hydrogen) atoms. The number of aromatic nitrogens is 1. The van der Waals surface area contributed by atoms with Crippen LogP contribution in [0.25, 0.3) is 0 Å². The second kappa shape index (κ2) is 11.9.